The van der Waals surface area contributed by atoms with Crippen molar-refractivity contribution in [3.8, 4) is 22.3 Å². The quantitative estimate of drug-likeness (QED) is 0.185. The summed E-state index contributed by atoms with van der Waals surface area (Å²) in [6.45, 7) is 0. The first kappa shape index (κ1) is 24.9. The lowest BCUT2D eigenvalue weighted by Crippen LogP contribution is -1.92. The number of para-hydroxylation sites is 2. The van der Waals surface area contributed by atoms with Crippen molar-refractivity contribution in [2.75, 3.05) is 0 Å². The second kappa shape index (κ2) is 9.12. The van der Waals surface area contributed by atoms with Crippen LogP contribution in [0.1, 0.15) is 0 Å². The standard InChI is InChI=1S/C44H24O3/c1-2-11-26-25(10-1)24-38-42(31-16-7-8-19-36(31)46-38)43(26)41-29-14-5-3-12-27(29)39(28-13-4-6-15-30(28)41)33-17-9-18-34-40-32-22-23-45-35(32)20-21-37(40)47-44(33)34/h1-24H. The number of fused-ring (bicyclic) bond motifs is 11. The normalized spacial score (nSPS) is 12.3. The second-order valence-corrected chi connectivity index (χ2v) is 12.3. The average molecular weight is 601 g/mol. The number of hydrogen-bond donors (Lipinski definition) is 0. The van der Waals surface area contributed by atoms with Gasteiger partial charge in [-0.25, -0.2) is 0 Å². The Kier molecular flexibility index (Phi) is 4.84. The minimum Gasteiger partial charge on any atom is -0.464 e. The van der Waals surface area contributed by atoms with Gasteiger partial charge in [0.1, 0.15) is 27.9 Å². The molecular formula is C44H24O3. The maximum atomic E-state index is 6.73. The first-order chi connectivity index (χ1) is 23.3. The Hall–Kier alpha value is -6.32. The Balaban J connectivity index is 1.34. The molecule has 0 aliphatic carbocycles. The van der Waals surface area contributed by atoms with Crippen molar-refractivity contribution in [1.82, 2.24) is 0 Å². The second-order valence-electron chi connectivity index (χ2n) is 12.3. The summed E-state index contributed by atoms with van der Waals surface area (Å²) in [5.74, 6) is 0. The largest absolute Gasteiger partial charge is 0.464 e. The predicted octanol–water partition coefficient (Wildman–Crippen LogP) is 13.0. The summed E-state index contributed by atoms with van der Waals surface area (Å²) in [6.07, 6.45) is 1.75. The van der Waals surface area contributed by atoms with Crippen molar-refractivity contribution in [3.63, 3.8) is 0 Å². The molecule has 0 unspecified atom stereocenters. The molecular weight excluding hydrogens is 576 g/mol. The van der Waals surface area contributed by atoms with E-state index in [-0.39, 0.29) is 0 Å². The first-order valence-electron chi connectivity index (χ1n) is 15.9. The topological polar surface area (TPSA) is 39.4 Å². The van der Waals surface area contributed by atoms with Crippen molar-refractivity contribution < 1.29 is 13.3 Å². The molecule has 0 aliphatic heterocycles. The van der Waals surface area contributed by atoms with E-state index in [0.29, 0.717) is 0 Å². The minimum absolute atomic E-state index is 0.858. The Morgan fingerprint density at radius 2 is 0.957 bits per heavy atom. The van der Waals surface area contributed by atoms with Gasteiger partial charge >= 0.3 is 0 Å². The molecule has 218 valence electrons. The molecule has 8 aromatic carbocycles. The SMILES string of the molecule is c1ccc2c(-c3c4ccccc4c(-c4cccc5c4oc4ccc6occc6c45)c4ccccc34)c3c(cc2c1)oc1ccccc13. The predicted molar refractivity (Wildman–Crippen MR) is 194 cm³/mol. The number of hydrogen-bond acceptors (Lipinski definition) is 3. The molecule has 0 atom stereocenters. The lowest BCUT2D eigenvalue weighted by atomic mass is 9.83. The summed E-state index contributed by atoms with van der Waals surface area (Å²) >= 11 is 0. The Morgan fingerprint density at radius 3 is 1.74 bits per heavy atom. The maximum absolute atomic E-state index is 6.73. The van der Waals surface area contributed by atoms with Gasteiger partial charge in [-0.3, -0.25) is 0 Å². The summed E-state index contributed by atoms with van der Waals surface area (Å²) in [5, 5.41) is 12.6. The summed E-state index contributed by atoms with van der Waals surface area (Å²) in [7, 11) is 0. The first-order valence-corrected chi connectivity index (χ1v) is 15.9. The van der Waals surface area contributed by atoms with E-state index < -0.39 is 0 Å². The van der Waals surface area contributed by atoms with Crippen LogP contribution in [0.3, 0.4) is 0 Å². The van der Waals surface area contributed by atoms with Crippen molar-refractivity contribution in [1.29, 1.82) is 0 Å². The Morgan fingerprint density at radius 1 is 0.340 bits per heavy atom. The number of rotatable bonds is 2. The highest BCUT2D eigenvalue weighted by molar-refractivity contribution is 6.31. The highest BCUT2D eigenvalue weighted by Crippen LogP contribution is 2.50. The van der Waals surface area contributed by atoms with E-state index >= 15 is 0 Å². The smallest absolute Gasteiger partial charge is 0.143 e. The van der Waals surface area contributed by atoms with E-state index in [1.165, 1.54) is 43.6 Å². The van der Waals surface area contributed by atoms with E-state index in [1.807, 2.05) is 24.3 Å². The van der Waals surface area contributed by atoms with Crippen LogP contribution in [0.15, 0.2) is 159 Å². The van der Waals surface area contributed by atoms with Crippen LogP contribution in [-0.4, -0.2) is 0 Å². The van der Waals surface area contributed by atoms with Crippen LogP contribution in [0, 0.1) is 0 Å². The number of benzene rings is 8. The maximum Gasteiger partial charge on any atom is 0.143 e. The van der Waals surface area contributed by atoms with Gasteiger partial charge in [-0.05, 0) is 68.2 Å². The fraction of sp³-hybridized carbons (Fsp3) is 0. The monoisotopic (exact) mass is 600 g/mol. The third kappa shape index (κ3) is 3.30. The highest BCUT2D eigenvalue weighted by Gasteiger charge is 2.24. The summed E-state index contributed by atoms with van der Waals surface area (Å²) in [6, 6.07) is 49.4. The molecule has 0 saturated heterocycles. The molecule has 3 heteroatoms. The highest BCUT2D eigenvalue weighted by atomic mass is 16.3. The van der Waals surface area contributed by atoms with E-state index in [0.717, 1.165) is 65.8 Å². The molecule has 0 fully saturated rings. The van der Waals surface area contributed by atoms with Gasteiger partial charge in [0, 0.05) is 43.6 Å². The van der Waals surface area contributed by atoms with Gasteiger partial charge in [0.25, 0.3) is 0 Å². The Bertz CT molecular complexity index is 3020. The zero-order valence-electron chi connectivity index (χ0n) is 25.1. The zero-order valence-corrected chi connectivity index (χ0v) is 25.1. The molecule has 0 spiro atoms. The number of furan rings is 3. The van der Waals surface area contributed by atoms with Gasteiger partial charge in [0.2, 0.25) is 0 Å². The molecule has 0 amide bonds. The van der Waals surface area contributed by atoms with Crippen molar-refractivity contribution >= 4 is 87.2 Å². The summed E-state index contributed by atoms with van der Waals surface area (Å²) < 4.78 is 19.0. The van der Waals surface area contributed by atoms with Crippen molar-refractivity contribution in [3.05, 3.63) is 146 Å². The van der Waals surface area contributed by atoms with Gasteiger partial charge in [-0.15, -0.1) is 0 Å². The van der Waals surface area contributed by atoms with Gasteiger partial charge in [-0.2, -0.15) is 0 Å². The molecule has 0 N–H and O–H groups in total. The summed E-state index contributed by atoms with van der Waals surface area (Å²) in [5.41, 5.74) is 9.05. The Labute approximate surface area is 267 Å². The summed E-state index contributed by atoms with van der Waals surface area (Å²) in [4.78, 5) is 0. The molecule has 0 saturated carbocycles. The molecule has 0 aliphatic rings. The van der Waals surface area contributed by atoms with Crippen molar-refractivity contribution in [2.45, 2.75) is 0 Å². The molecule has 11 rings (SSSR count). The van der Waals surface area contributed by atoms with Crippen molar-refractivity contribution in [2.24, 2.45) is 0 Å². The van der Waals surface area contributed by atoms with Gasteiger partial charge in [0.05, 0.1) is 6.26 Å². The van der Waals surface area contributed by atoms with E-state index in [2.05, 4.69) is 115 Å². The van der Waals surface area contributed by atoms with E-state index in [1.54, 1.807) is 6.26 Å². The molecule has 3 heterocycles. The van der Waals surface area contributed by atoms with Crippen LogP contribution < -0.4 is 0 Å². The van der Waals surface area contributed by atoms with Gasteiger partial charge in [0.15, 0.2) is 0 Å². The molecule has 11 aromatic rings. The lowest BCUT2D eigenvalue weighted by Gasteiger charge is -2.19. The van der Waals surface area contributed by atoms with Gasteiger partial charge in [-0.1, -0.05) is 109 Å². The molecule has 47 heavy (non-hydrogen) atoms. The van der Waals surface area contributed by atoms with Crippen LogP contribution in [-0.2, 0) is 0 Å². The van der Waals surface area contributed by atoms with E-state index in [4.69, 9.17) is 13.3 Å². The molecule has 0 bridgehead atoms. The van der Waals surface area contributed by atoms with Crippen LogP contribution in [0.4, 0.5) is 0 Å². The van der Waals surface area contributed by atoms with Crippen LogP contribution in [0.5, 0.6) is 0 Å². The minimum atomic E-state index is 0.858. The van der Waals surface area contributed by atoms with Gasteiger partial charge < -0.3 is 13.3 Å². The fourth-order valence-corrected chi connectivity index (χ4v) is 8.04. The van der Waals surface area contributed by atoms with Crippen LogP contribution in [0.25, 0.3) is 109 Å². The van der Waals surface area contributed by atoms with E-state index in [9.17, 15) is 0 Å². The lowest BCUT2D eigenvalue weighted by molar-refractivity contribution is 0.615. The zero-order chi connectivity index (χ0) is 30.6. The third-order valence-corrected chi connectivity index (χ3v) is 9.93. The fourth-order valence-electron chi connectivity index (χ4n) is 8.04. The third-order valence-electron chi connectivity index (χ3n) is 9.93. The molecule has 3 aromatic heterocycles. The van der Waals surface area contributed by atoms with Crippen LogP contribution >= 0.6 is 0 Å². The van der Waals surface area contributed by atoms with Crippen LogP contribution in [0.2, 0.25) is 0 Å². The molecule has 3 nitrogen and oxygen atoms in total. The molecule has 0 radical (unpaired) electrons. The average Bonchev–Trinajstić information content (AvgIpc) is 3.85.